The lowest BCUT2D eigenvalue weighted by molar-refractivity contribution is -0.117. The van der Waals surface area contributed by atoms with Gasteiger partial charge in [-0.25, -0.2) is 0 Å². The number of hydrogen-bond donors (Lipinski definition) is 0. The molecule has 2 nitrogen and oxygen atoms in total. The van der Waals surface area contributed by atoms with Crippen LogP contribution in [0.4, 0.5) is 5.69 Å². The Bertz CT molecular complexity index is 552. The maximum Gasteiger partial charge on any atom is 0.231 e. The van der Waals surface area contributed by atoms with E-state index in [-0.39, 0.29) is 5.91 Å². The zero-order valence-electron chi connectivity index (χ0n) is 12.4. The number of hydrogen-bond acceptors (Lipinski definition) is 1. The molecule has 2 unspecified atom stereocenters. The largest absolute Gasteiger partial charge is 0.315 e. The topological polar surface area (TPSA) is 20.3 Å². The van der Waals surface area contributed by atoms with Gasteiger partial charge in [-0.3, -0.25) is 4.79 Å². The van der Waals surface area contributed by atoms with Crippen LogP contribution < -0.4 is 4.90 Å². The Balaban J connectivity index is 1.89. The molecule has 1 aliphatic heterocycles. The van der Waals surface area contributed by atoms with Gasteiger partial charge in [0.25, 0.3) is 0 Å². The highest BCUT2D eigenvalue weighted by Gasteiger charge is 2.39. The van der Waals surface area contributed by atoms with E-state index >= 15 is 0 Å². The molecule has 1 fully saturated rings. The van der Waals surface area contributed by atoms with Crippen LogP contribution in [-0.4, -0.2) is 13.0 Å². The van der Waals surface area contributed by atoms with Crippen molar-refractivity contribution >= 4 is 27.5 Å². The molecular weight excluding hydrogens is 314 g/mol. The molecule has 0 bridgehead atoms. The fraction of sp³-hybridized carbons (Fsp3) is 0.588. The van der Waals surface area contributed by atoms with E-state index in [1.165, 1.54) is 30.4 Å². The number of benzene rings is 1. The molecule has 1 aromatic rings. The van der Waals surface area contributed by atoms with Gasteiger partial charge in [0, 0.05) is 17.6 Å². The maximum absolute atomic E-state index is 11.8. The van der Waals surface area contributed by atoms with Crippen molar-refractivity contribution in [2.75, 3.05) is 11.9 Å². The van der Waals surface area contributed by atoms with Crippen LogP contribution in [0.25, 0.3) is 0 Å². The molecule has 1 saturated carbocycles. The fourth-order valence-electron chi connectivity index (χ4n) is 3.79. The average Bonchev–Trinajstić information content (AvgIpc) is 2.89. The van der Waals surface area contributed by atoms with Crippen LogP contribution >= 0.6 is 15.9 Å². The van der Waals surface area contributed by atoms with Crippen LogP contribution in [0, 0.1) is 11.3 Å². The van der Waals surface area contributed by atoms with E-state index in [2.05, 4.69) is 48.0 Å². The SMILES string of the molecule is CN1C(=O)Cc2cc(C(Br)C3CCCC3(C)C)ccc21. The number of nitrogens with zero attached hydrogens (tertiary/aromatic N) is 1. The number of fused-ring (bicyclic) bond motifs is 1. The summed E-state index contributed by atoms with van der Waals surface area (Å²) in [7, 11) is 1.86. The number of likely N-dealkylation sites (N-methyl/N-ethyl adjacent to an activating group) is 1. The molecule has 3 rings (SSSR count). The molecule has 108 valence electrons. The van der Waals surface area contributed by atoms with E-state index < -0.39 is 0 Å². The first kappa shape index (κ1) is 14.1. The molecule has 0 spiro atoms. The first-order valence-electron chi connectivity index (χ1n) is 7.43. The highest BCUT2D eigenvalue weighted by atomic mass is 79.9. The molecule has 1 heterocycles. The van der Waals surface area contributed by atoms with Crippen LogP contribution in [0.15, 0.2) is 18.2 Å². The molecule has 0 aromatic heterocycles. The van der Waals surface area contributed by atoms with Crippen molar-refractivity contribution in [1.82, 2.24) is 0 Å². The third-order valence-corrected chi connectivity index (χ3v) is 6.36. The molecule has 0 saturated heterocycles. The maximum atomic E-state index is 11.8. The zero-order valence-corrected chi connectivity index (χ0v) is 14.0. The fourth-order valence-corrected chi connectivity index (χ4v) is 5.05. The van der Waals surface area contributed by atoms with E-state index in [0.717, 1.165) is 5.69 Å². The van der Waals surface area contributed by atoms with Crippen molar-refractivity contribution in [3.05, 3.63) is 29.3 Å². The van der Waals surface area contributed by atoms with Crippen LogP contribution in [0.2, 0.25) is 0 Å². The minimum atomic E-state index is 0.199. The summed E-state index contributed by atoms with van der Waals surface area (Å²) in [6.07, 6.45) is 4.48. The molecule has 1 aromatic carbocycles. The molecule has 20 heavy (non-hydrogen) atoms. The van der Waals surface area contributed by atoms with Gasteiger partial charge in [0.1, 0.15) is 0 Å². The Kier molecular flexibility index (Phi) is 3.44. The van der Waals surface area contributed by atoms with Gasteiger partial charge in [0.2, 0.25) is 5.91 Å². The number of rotatable bonds is 2. The van der Waals surface area contributed by atoms with E-state index in [1.807, 2.05) is 7.05 Å². The molecule has 2 aliphatic rings. The van der Waals surface area contributed by atoms with E-state index in [9.17, 15) is 4.79 Å². The summed E-state index contributed by atoms with van der Waals surface area (Å²) >= 11 is 3.93. The van der Waals surface area contributed by atoms with Crippen LogP contribution in [-0.2, 0) is 11.2 Å². The Morgan fingerprint density at radius 3 is 2.80 bits per heavy atom. The molecule has 2 atom stereocenters. The number of carbonyl (C=O) groups excluding carboxylic acids is 1. The van der Waals surface area contributed by atoms with Crippen molar-refractivity contribution in [2.24, 2.45) is 11.3 Å². The van der Waals surface area contributed by atoms with E-state index in [0.29, 0.717) is 22.6 Å². The predicted molar refractivity (Wildman–Crippen MR) is 86.3 cm³/mol. The third-order valence-electron chi connectivity index (χ3n) is 5.19. The summed E-state index contributed by atoms with van der Waals surface area (Å²) in [5, 5.41) is 0. The minimum Gasteiger partial charge on any atom is -0.315 e. The lowest BCUT2D eigenvalue weighted by Gasteiger charge is -2.31. The van der Waals surface area contributed by atoms with Gasteiger partial charge < -0.3 is 4.90 Å². The summed E-state index contributed by atoms with van der Waals surface area (Å²) < 4.78 is 0. The molecule has 1 aliphatic carbocycles. The lowest BCUT2D eigenvalue weighted by atomic mass is 9.78. The van der Waals surface area contributed by atoms with Crippen LogP contribution in [0.3, 0.4) is 0 Å². The first-order chi connectivity index (χ1) is 9.40. The minimum absolute atomic E-state index is 0.199. The van der Waals surface area contributed by atoms with Gasteiger partial charge in [-0.1, -0.05) is 48.3 Å². The standard InChI is InChI=1S/C17H22BrNO/c1-17(2)8-4-5-13(17)16(18)11-6-7-14-12(9-11)10-15(20)19(14)3/h6-7,9,13,16H,4-5,8,10H2,1-3H3. The lowest BCUT2D eigenvalue weighted by Crippen LogP contribution is -2.21. The molecule has 1 amide bonds. The quantitative estimate of drug-likeness (QED) is 0.730. The highest BCUT2D eigenvalue weighted by Crippen LogP contribution is 2.52. The Hall–Kier alpha value is -0.830. The summed E-state index contributed by atoms with van der Waals surface area (Å²) in [5.41, 5.74) is 3.98. The first-order valence-corrected chi connectivity index (χ1v) is 8.35. The molecule has 3 heteroatoms. The number of anilines is 1. The summed E-state index contributed by atoms with van der Waals surface area (Å²) in [4.78, 5) is 13.9. The van der Waals surface area contributed by atoms with Crippen molar-refractivity contribution < 1.29 is 4.79 Å². The van der Waals surface area contributed by atoms with Gasteiger partial charge >= 0.3 is 0 Å². The number of amides is 1. The normalized spacial score (nSPS) is 25.9. The zero-order chi connectivity index (χ0) is 14.5. The van der Waals surface area contributed by atoms with Crippen molar-refractivity contribution in [3.63, 3.8) is 0 Å². The van der Waals surface area contributed by atoms with Crippen molar-refractivity contribution in [3.8, 4) is 0 Å². The van der Waals surface area contributed by atoms with Gasteiger partial charge in [-0.2, -0.15) is 0 Å². The second-order valence-corrected chi connectivity index (χ2v) is 7.89. The molecule has 0 radical (unpaired) electrons. The van der Waals surface area contributed by atoms with Gasteiger partial charge in [0.05, 0.1) is 6.42 Å². The van der Waals surface area contributed by atoms with Crippen molar-refractivity contribution in [2.45, 2.75) is 44.4 Å². The monoisotopic (exact) mass is 335 g/mol. The van der Waals surface area contributed by atoms with Crippen molar-refractivity contribution in [1.29, 1.82) is 0 Å². The van der Waals surface area contributed by atoms with Gasteiger partial charge in [0.15, 0.2) is 0 Å². The number of carbonyl (C=O) groups is 1. The van der Waals surface area contributed by atoms with Gasteiger partial charge in [-0.15, -0.1) is 0 Å². The predicted octanol–water partition coefficient (Wildman–Crippen LogP) is 4.47. The Morgan fingerprint density at radius 1 is 1.40 bits per heavy atom. The second-order valence-electron chi connectivity index (χ2n) is 6.91. The van der Waals surface area contributed by atoms with E-state index in [1.54, 1.807) is 4.90 Å². The van der Waals surface area contributed by atoms with E-state index in [4.69, 9.17) is 0 Å². The average molecular weight is 336 g/mol. The smallest absolute Gasteiger partial charge is 0.231 e. The van der Waals surface area contributed by atoms with Crippen LogP contribution in [0.5, 0.6) is 0 Å². The third kappa shape index (κ3) is 2.20. The molecular formula is C17H22BrNO. The molecule has 0 N–H and O–H groups in total. The summed E-state index contributed by atoms with van der Waals surface area (Å²) in [6.45, 7) is 4.76. The summed E-state index contributed by atoms with van der Waals surface area (Å²) in [6, 6.07) is 6.51. The van der Waals surface area contributed by atoms with Crippen LogP contribution in [0.1, 0.15) is 49.1 Å². The Labute approximate surface area is 129 Å². The highest BCUT2D eigenvalue weighted by molar-refractivity contribution is 9.09. The number of halogens is 1. The van der Waals surface area contributed by atoms with Gasteiger partial charge in [-0.05, 0) is 41.4 Å². The second kappa shape index (κ2) is 4.87. The summed E-state index contributed by atoms with van der Waals surface area (Å²) in [5.74, 6) is 0.875. The Morgan fingerprint density at radius 2 is 2.15 bits per heavy atom. The number of alkyl halides is 1.